The third kappa shape index (κ3) is 3.13. The summed E-state index contributed by atoms with van der Waals surface area (Å²) in [6.45, 7) is 0. The van der Waals surface area contributed by atoms with E-state index in [0.717, 1.165) is 11.1 Å². The SMILES string of the molecule is O=C(Nc1ccc(-c2ccccc2)cc1)c1cc(=O)c2ccccc2o1. The van der Waals surface area contributed by atoms with E-state index >= 15 is 0 Å². The molecule has 0 saturated heterocycles. The number of anilines is 1. The fourth-order valence-electron chi connectivity index (χ4n) is 2.79. The lowest BCUT2D eigenvalue weighted by atomic mass is 10.1. The van der Waals surface area contributed by atoms with Gasteiger partial charge in [-0.25, -0.2) is 0 Å². The number of rotatable bonds is 3. The highest BCUT2D eigenvalue weighted by atomic mass is 16.3. The Labute approximate surface area is 149 Å². The molecule has 0 spiro atoms. The van der Waals surface area contributed by atoms with Crippen LogP contribution in [-0.2, 0) is 0 Å². The van der Waals surface area contributed by atoms with Crippen molar-refractivity contribution < 1.29 is 9.21 Å². The standard InChI is InChI=1S/C22H15NO3/c24-19-14-21(26-20-9-5-4-8-18(19)20)22(25)23-17-12-10-16(11-13-17)15-6-2-1-3-7-15/h1-14H,(H,23,25). The predicted molar refractivity (Wildman–Crippen MR) is 102 cm³/mol. The summed E-state index contributed by atoms with van der Waals surface area (Å²) < 4.78 is 5.56. The minimum Gasteiger partial charge on any atom is -0.451 e. The molecule has 0 aliphatic carbocycles. The summed E-state index contributed by atoms with van der Waals surface area (Å²) in [5.41, 5.74) is 2.94. The summed E-state index contributed by atoms with van der Waals surface area (Å²) in [7, 11) is 0. The number of hydrogen-bond acceptors (Lipinski definition) is 3. The average molecular weight is 341 g/mol. The smallest absolute Gasteiger partial charge is 0.291 e. The van der Waals surface area contributed by atoms with Crippen molar-refractivity contribution in [2.75, 3.05) is 5.32 Å². The highest BCUT2D eigenvalue weighted by Crippen LogP contribution is 2.21. The Morgan fingerprint density at radius 3 is 2.19 bits per heavy atom. The van der Waals surface area contributed by atoms with Gasteiger partial charge < -0.3 is 9.73 Å². The Morgan fingerprint density at radius 1 is 0.769 bits per heavy atom. The molecule has 4 aromatic rings. The van der Waals surface area contributed by atoms with Gasteiger partial charge in [0.1, 0.15) is 5.58 Å². The molecule has 4 heteroatoms. The Bertz CT molecular complexity index is 1130. The van der Waals surface area contributed by atoms with E-state index in [1.165, 1.54) is 6.07 Å². The minimum absolute atomic E-state index is 0.0131. The number of fused-ring (bicyclic) bond motifs is 1. The van der Waals surface area contributed by atoms with E-state index in [4.69, 9.17) is 4.42 Å². The molecular formula is C22H15NO3. The van der Waals surface area contributed by atoms with Gasteiger partial charge in [0, 0.05) is 11.8 Å². The van der Waals surface area contributed by atoms with Crippen LogP contribution in [0.2, 0.25) is 0 Å². The van der Waals surface area contributed by atoms with E-state index in [0.29, 0.717) is 16.7 Å². The Morgan fingerprint density at radius 2 is 1.42 bits per heavy atom. The van der Waals surface area contributed by atoms with Gasteiger partial charge >= 0.3 is 0 Å². The van der Waals surface area contributed by atoms with Gasteiger partial charge in [-0.1, -0.05) is 54.6 Å². The van der Waals surface area contributed by atoms with Crippen LogP contribution in [0.5, 0.6) is 0 Å². The molecule has 4 nitrogen and oxygen atoms in total. The van der Waals surface area contributed by atoms with Crippen molar-refractivity contribution in [2.24, 2.45) is 0 Å². The number of benzene rings is 3. The summed E-state index contributed by atoms with van der Waals surface area (Å²) in [6, 6.07) is 25.6. The molecule has 1 N–H and O–H groups in total. The van der Waals surface area contributed by atoms with Crippen LogP contribution in [0.15, 0.2) is 94.1 Å². The lowest BCUT2D eigenvalue weighted by molar-refractivity contribution is 0.0997. The van der Waals surface area contributed by atoms with Crippen LogP contribution in [-0.4, -0.2) is 5.91 Å². The number of nitrogens with one attached hydrogen (secondary N) is 1. The van der Waals surface area contributed by atoms with Gasteiger partial charge in [0.2, 0.25) is 0 Å². The largest absolute Gasteiger partial charge is 0.451 e. The third-order valence-corrected chi connectivity index (χ3v) is 4.11. The van der Waals surface area contributed by atoms with Crippen molar-refractivity contribution in [3.63, 3.8) is 0 Å². The summed E-state index contributed by atoms with van der Waals surface area (Å²) in [6.07, 6.45) is 0. The normalized spacial score (nSPS) is 10.6. The molecule has 3 aromatic carbocycles. The zero-order chi connectivity index (χ0) is 17.9. The van der Waals surface area contributed by atoms with Crippen LogP contribution < -0.4 is 10.7 Å². The number of para-hydroxylation sites is 1. The second-order valence-corrected chi connectivity index (χ2v) is 5.87. The molecule has 1 amide bonds. The van der Waals surface area contributed by atoms with Crippen molar-refractivity contribution >= 4 is 22.6 Å². The van der Waals surface area contributed by atoms with Crippen molar-refractivity contribution in [2.45, 2.75) is 0 Å². The molecule has 4 rings (SSSR count). The molecule has 0 aliphatic heterocycles. The maximum Gasteiger partial charge on any atom is 0.291 e. The quantitative estimate of drug-likeness (QED) is 0.587. The lowest BCUT2D eigenvalue weighted by Crippen LogP contribution is -2.14. The first-order valence-corrected chi connectivity index (χ1v) is 8.20. The molecule has 126 valence electrons. The van der Waals surface area contributed by atoms with Crippen LogP contribution in [0.3, 0.4) is 0 Å². The van der Waals surface area contributed by atoms with Gasteiger partial charge in [0.05, 0.1) is 5.39 Å². The third-order valence-electron chi connectivity index (χ3n) is 4.11. The van der Waals surface area contributed by atoms with Crippen molar-refractivity contribution in [3.8, 4) is 11.1 Å². The highest BCUT2D eigenvalue weighted by molar-refractivity contribution is 6.03. The zero-order valence-electron chi connectivity index (χ0n) is 13.8. The molecule has 1 aromatic heterocycles. The van der Waals surface area contributed by atoms with E-state index in [-0.39, 0.29) is 11.2 Å². The van der Waals surface area contributed by atoms with Crippen molar-refractivity contribution in [1.29, 1.82) is 0 Å². The molecule has 0 unspecified atom stereocenters. The number of amides is 1. The molecule has 0 radical (unpaired) electrons. The molecule has 0 fully saturated rings. The van der Waals surface area contributed by atoms with Gasteiger partial charge in [-0.2, -0.15) is 0 Å². The zero-order valence-corrected chi connectivity index (χ0v) is 13.8. The first-order chi connectivity index (χ1) is 12.7. The van der Waals surface area contributed by atoms with Crippen molar-refractivity contribution in [1.82, 2.24) is 0 Å². The van der Waals surface area contributed by atoms with E-state index in [9.17, 15) is 9.59 Å². The predicted octanol–water partition coefficient (Wildman–Crippen LogP) is 4.71. The second kappa shape index (κ2) is 6.69. The lowest BCUT2D eigenvalue weighted by Gasteiger charge is -2.07. The molecule has 0 aliphatic rings. The maximum absolute atomic E-state index is 12.4. The first-order valence-electron chi connectivity index (χ1n) is 8.20. The first kappa shape index (κ1) is 15.8. The molecular weight excluding hydrogens is 326 g/mol. The van der Waals surface area contributed by atoms with E-state index < -0.39 is 5.91 Å². The van der Waals surface area contributed by atoms with E-state index in [2.05, 4.69) is 5.32 Å². The molecule has 1 heterocycles. The molecule has 0 atom stereocenters. The molecule has 0 saturated carbocycles. The number of carbonyl (C=O) groups is 1. The minimum atomic E-state index is -0.458. The monoisotopic (exact) mass is 341 g/mol. The maximum atomic E-state index is 12.4. The molecule has 26 heavy (non-hydrogen) atoms. The van der Waals surface area contributed by atoms with Crippen LogP contribution in [0.4, 0.5) is 5.69 Å². The molecule has 0 bridgehead atoms. The summed E-state index contributed by atoms with van der Waals surface area (Å²) in [5.74, 6) is -0.471. The van der Waals surface area contributed by atoms with Crippen molar-refractivity contribution in [3.05, 3.63) is 101 Å². The second-order valence-electron chi connectivity index (χ2n) is 5.87. The summed E-state index contributed by atoms with van der Waals surface area (Å²) in [4.78, 5) is 24.5. The number of carbonyl (C=O) groups excluding carboxylic acids is 1. The fraction of sp³-hybridized carbons (Fsp3) is 0. The van der Waals surface area contributed by atoms with E-state index in [1.807, 2.05) is 54.6 Å². The Hall–Kier alpha value is -3.66. The topological polar surface area (TPSA) is 59.3 Å². The Balaban J connectivity index is 1.58. The summed E-state index contributed by atoms with van der Waals surface area (Å²) >= 11 is 0. The van der Waals surface area contributed by atoms with Crippen LogP contribution in [0, 0.1) is 0 Å². The van der Waals surface area contributed by atoms with Gasteiger partial charge in [-0.05, 0) is 35.4 Å². The van der Waals surface area contributed by atoms with Crippen LogP contribution >= 0.6 is 0 Å². The average Bonchev–Trinajstić information content (AvgIpc) is 2.69. The Kier molecular flexibility index (Phi) is 4.07. The van der Waals surface area contributed by atoms with Crippen LogP contribution in [0.1, 0.15) is 10.6 Å². The van der Waals surface area contributed by atoms with E-state index in [1.54, 1.807) is 24.3 Å². The van der Waals surface area contributed by atoms with Crippen LogP contribution in [0.25, 0.3) is 22.1 Å². The van der Waals surface area contributed by atoms with Gasteiger partial charge in [-0.3, -0.25) is 9.59 Å². The van der Waals surface area contributed by atoms with Gasteiger partial charge in [0.25, 0.3) is 5.91 Å². The fourth-order valence-corrected chi connectivity index (χ4v) is 2.79. The summed E-state index contributed by atoms with van der Waals surface area (Å²) in [5, 5.41) is 3.21. The van der Waals surface area contributed by atoms with Gasteiger partial charge in [0.15, 0.2) is 11.2 Å². The number of hydrogen-bond donors (Lipinski definition) is 1. The highest BCUT2D eigenvalue weighted by Gasteiger charge is 2.12. The van der Waals surface area contributed by atoms with Gasteiger partial charge in [-0.15, -0.1) is 0 Å².